The van der Waals surface area contributed by atoms with Crippen LogP contribution in [0.1, 0.15) is 30.4 Å². The minimum Gasteiger partial charge on any atom is -0.296 e. The van der Waals surface area contributed by atoms with Crippen molar-refractivity contribution < 1.29 is 0 Å². The third kappa shape index (κ3) is 4.25. The van der Waals surface area contributed by atoms with E-state index in [0.717, 1.165) is 24.2 Å². The lowest BCUT2D eigenvalue weighted by Crippen LogP contribution is -2.40. The highest BCUT2D eigenvalue weighted by atomic mass is 15.2. The zero-order valence-electron chi connectivity index (χ0n) is 13.2. The van der Waals surface area contributed by atoms with Crippen LogP contribution in [0.25, 0.3) is 5.70 Å². The van der Waals surface area contributed by atoms with E-state index in [4.69, 9.17) is 0 Å². The second-order valence-corrected chi connectivity index (χ2v) is 5.69. The summed E-state index contributed by atoms with van der Waals surface area (Å²) < 4.78 is 0. The second kappa shape index (κ2) is 8.44. The fraction of sp³-hybridized carbons (Fsp3) is 0.368. The summed E-state index contributed by atoms with van der Waals surface area (Å²) in [4.78, 5) is 10.4. The highest BCUT2D eigenvalue weighted by Crippen LogP contribution is 2.23. The Hall–Kier alpha value is -2.00. The highest BCUT2D eigenvalue weighted by Gasteiger charge is 2.21. The van der Waals surface area contributed by atoms with Crippen molar-refractivity contribution in [3.8, 4) is 0 Å². The average molecular weight is 295 g/mol. The normalized spacial score (nSPS) is 19.6. The molecule has 0 bridgehead atoms. The van der Waals surface area contributed by atoms with Gasteiger partial charge >= 0.3 is 0 Å². The van der Waals surface area contributed by atoms with Crippen LogP contribution in [0.5, 0.6) is 0 Å². The maximum atomic E-state index is 4.03. The van der Waals surface area contributed by atoms with Gasteiger partial charge < -0.3 is 0 Å². The molecular weight excluding hydrogens is 270 g/mol. The molecule has 0 saturated carbocycles. The number of benzene rings is 1. The molecule has 1 heterocycles. The van der Waals surface area contributed by atoms with Gasteiger partial charge in [0.05, 0.1) is 11.9 Å². The molecule has 1 saturated heterocycles. The Morgan fingerprint density at radius 3 is 2.91 bits per heavy atom. The first-order valence-electron chi connectivity index (χ1n) is 7.85. The van der Waals surface area contributed by atoms with Crippen LogP contribution in [-0.4, -0.2) is 37.5 Å². The van der Waals surface area contributed by atoms with Crippen LogP contribution in [0.4, 0.5) is 0 Å². The molecule has 116 valence electrons. The summed E-state index contributed by atoms with van der Waals surface area (Å²) in [5.74, 6) is 0. The van der Waals surface area contributed by atoms with Crippen molar-refractivity contribution in [3.05, 3.63) is 54.2 Å². The van der Waals surface area contributed by atoms with E-state index in [9.17, 15) is 0 Å². The van der Waals surface area contributed by atoms with Crippen molar-refractivity contribution in [2.45, 2.75) is 31.7 Å². The molecule has 1 atom stereocenters. The standard InChI is InChI=1S/C19H25N3/c1-4-11-22-12-6-5-10-18(22)14-16-8-7-9-17(13-16)19(21-3)15-20-2/h4,7-9,13,15,18H,1-3,5-6,10-12,14H2/b19-15-. The van der Waals surface area contributed by atoms with E-state index in [1.54, 1.807) is 6.20 Å². The van der Waals surface area contributed by atoms with Crippen LogP contribution in [0.2, 0.25) is 0 Å². The lowest BCUT2D eigenvalue weighted by Gasteiger charge is -2.35. The van der Waals surface area contributed by atoms with Crippen molar-refractivity contribution >= 4 is 19.1 Å². The molecule has 0 aromatic heterocycles. The summed E-state index contributed by atoms with van der Waals surface area (Å²) in [6.07, 6.45) is 8.59. The predicted molar refractivity (Wildman–Crippen MR) is 96.6 cm³/mol. The lowest BCUT2D eigenvalue weighted by atomic mass is 9.94. The number of likely N-dealkylation sites (tertiary alicyclic amines) is 1. The lowest BCUT2D eigenvalue weighted by molar-refractivity contribution is 0.164. The van der Waals surface area contributed by atoms with Crippen molar-refractivity contribution in [2.75, 3.05) is 13.1 Å². The number of nitrogens with zero attached hydrogens (tertiary/aromatic N) is 3. The van der Waals surface area contributed by atoms with Crippen LogP contribution < -0.4 is 0 Å². The molecular formula is C19H25N3. The molecule has 1 aromatic rings. The average Bonchev–Trinajstić information content (AvgIpc) is 2.55. The summed E-state index contributed by atoms with van der Waals surface area (Å²) >= 11 is 0. The molecule has 3 heteroatoms. The van der Waals surface area contributed by atoms with Gasteiger partial charge in [-0.1, -0.05) is 30.7 Å². The molecule has 1 unspecified atom stereocenters. The van der Waals surface area contributed by atoms with Crippen molar-refractivity contribution in [1.82, 2.24) is 4.90 Å². The molecule has 0 N–H and O–H groups in total. The molecule has 1 aromatic carbocycles. The third-order valence-corrected chi connectivity index (χ3v) is 4.19. The van der Waals surface area contributed by atoms with Gasteiger partial charge in [0.15, 0.2) is 0 Å². The topological polar surface area (TPSA) is 28.0 Å². The zero-order chi connectivity index (χ0) is 15.8. The summed E-state index contributed by atoms with van der Waals surface area (Å²) in [6.45, 7) is 13.1. The maximum absolute atomic E-state index is 4.03. The first kappa shape index (κ1) is 16.4. The Morgan fingerprint density at radius 2 is 2.18 bits per heavy atom. The smallest absolute Gasteiger partial charge is 0.0877 e. The Bertz CT molecular complexity index is 560. The van der Waals surface area contributed by atoms with Crippen molar-refractivity contribution in [2.24, 2.45) is 9.98 Å². The van der Waals surface area contributed by atoms with Gasteiger partial charge in [0.25, 0.3) is 0 Å². The van der Waals surface area contributed by atoms with E-state index in [1.165, 1.54) is 31.4 Å². The van der Waals surface area contributed by atoms with Gasteiger partial charge in [0.1, 0.15) is 0 Å². The molecule has 1 aliphatic rings. The minimum atomic E-state index is 0.601. The summed E-state index contributed by atoms with van der Waals surface area (Å²) in [7, 11) is 0. The highest BCUT2D eigenvalue weighted by molar-refractivity contribution is 5.68. The monoisotopic (exact) mass is 295 g/mol. The summed E-state index contributed by atoms with van der Waals surface area (Å²) in [5, 5.41) is 0. The van der Waals surface area contributed by atoms with Crippen LogP contribution >= 0.6 is 0 Å². The number of hydrogen-bond donors (Lipinski definition) is 0. The Labute approximate surface area is 133 Å². The maximum Gasteiger partial charge on any atom is 0.0877 e. The largest absolute Gasteiger partial charge is 0.296 e. The second-order valence-electron chi connectivity index (χ2n) is 5.69. The summed E-state index contributed by atoms with van der Waals surface area (Å²) in [5.41, 5.74) is 3.14. The molecule has 0 radical (unpaired) electrons. The van der Waals surface area contributed by atoms with E-state index >= 15 is 0 Å². The Morgan fingerprint density at radius 1 is 1.32 bits per heavy atom. The first-order valence-corrected chi connectivity index (χ1v) is 7.85. The van der Waals surface area contributed by atoms with Gasteiger partial charge in [-0.05, 0) is 50.9 Å². The number of aliphatic imine (C=N–C) groups is 2. The van der Waals surface area contributed by atoms with Crippen LogP contribution in [0.15, 0.2) is 53.1 Å². The number of piperidine rings is 1. The van der Waals surface area contributed by atoms with E-state index < -0.39 is 0 Å². The van der Waals surface area contributed by atoms with Gasteiger partial charge in [-0.2, -0.15) is 0 Å². The fourth-order valence-electron chi connectivity index (χ4n) is 3.12. The molecule has 0 amide bonds. The van der Waals surface area contributed by atoms with Gasteiger partial charge in [-0.25, -0.2) is 0 Å². The van der Waals surface area contributed by atoms with Gasteiger partial charge in [-0.3, -0.25) is 14.9 Å². The number of rotatable bonds is 7. The quantitative estimate of drug-likeness (QED) is 0.552. The SMILES string of the molecule is C=CCN1CCCCC1Cc1cccc(/C(=C/N=C)N=C)c1. The minimum absolute atomic E-state index is 0.601. The van der Waals surface area contributed by atoms with Gasteiger partial charge in [0, 0.05) is 18.2 Å². The number of hydrogen-bond acceptors (Lipinski definition) is 3. The predicted octanol–water partition coefficient (Wildman–Crippen LogP) is 3.97. The van der Waals surface area contributed by atoms with Crippen molar-refractivity contribution in [1.29, 1.82) is 0 Å². The summed E-state index contributed by atoms with van der Waals surface area (Å²) in [6, 6.07) is 9.09. The third-order valence-electron chi connectivity index (χ3n) is 4.19. The molecule has 1 aliphatic heterocycles. The molecule has 0 aliphatic carbocycles. The van der Waals surface area contributed by atoms with E-state index in [2.05, 4.69) is 53.1 Å². The van der Waals surface area contributed by atoms with E-state index in [-0.39, 0.29) is 0 Å². The first-order chi connectivity index (χ1) is 10.8. The van der Waals surface area contributed by atoms with Crippen molar-refractivity contribution in [3.63, 3.8) is 0 Å². The molecule has 3 nitrogen and oxygen atoms in total. The fourth-order valence-corrected chi connectivity index (χ4v) is 3.12. The molecule has 1 fully saturated rings. The Balaban J connectivity index is 2.15. The van der Waals surface area contributed by atoms with Crippen LogP contribution in [-0.2, 0) is 6.42 Å². The van der Waals surface area contributed by atoms with E-state index in [0.29, 0.717) is 6.04 Å². The molecule has 22 heavy (non-hydrogen) atoms. The zero-order valence-corrected chi connectivity index (χ0v) is 13.2. The van der Waals surface area contributed by atoms with Gasteiger partial charge in [-0.15, -0.1) is 6.58 Å². The van der Waals surface area contributed by atoms with Gasteiger partial charge in [0.2, 0.25) is 0 Å². The van der Waals surface area contributed by atoms with Crippen LogP contribution in [0, 0.1) is 0 Å². The van der Waals surface area contributed by atoms with Crippen LogP contribution in [0.3, 0.4) is 0 Å². The molecule has 0 spiro atoms. The Kier molecular flexibility index (Phi) is 6.28. The van der Waals surface area contributed by atoms with E-state index in [1.807, 2.05) is 12.1 Å². The molecule has 2 rings (SSSR count).